The molecule has 0 spiro atoms. The van der Waals surface area contributed by atoms with Crippen LogP contribution in [0.4, 0.5) is 0 Å². The van der Waals surface area contributed by atoms with Gasteiger partial charge in [-0.15, -0.1) is 0 Å². The number of methoxy groups -OCH3 is 1. The molecule has 1 unspecified atom stereocenters. The third-order valence-electron chi connectivity index (χ3n) is 6.87. The number of nitrogens with zero attached hydrogens (tertiary/aromatic N) is 4. The molecule has 0 radical (unpaired) electrons. The van der Waals surface area contributed by atoms with Crippen LogP contribution in [-0.2, 0) is 4.74 Å². The summed E-state index contributed by atoms with van der Waals surface area (Å²) >= 11 is 0. The van der Waals surface area contributed by atoms with Crippen LogP contribution < -0.4 is 4.74 Å². The molecule has 178 valence electrons. The number of benzene rings is 2. The lowest BCUT2D eigenvalue weighted by molar-refractivity contribution is -0.0423. The van der Waals surface area contributed by atoms with Crippen LogP contribution in [0.3, 0.4) is 0 Å². The average Bonchev–Trinajstić information content (AvgIpc) is 3.34. The zero-order valence-corrected chi connectivity index (χ0v) is 19.9. The Balaban J connectivity index is 1.38. The molecular weight excluding hydrogens is 428 g/mol. The van der Waals surface area contributed by atoms with E-state index in [9.17, 15) is 4.79 Å². The highest BCUT2D eigenvalue weighted by molar-refractivity contribution is 6.00. The number of likely N-dealkylation sites (tertiary alicyclic amines) is 1. The molecule has 1 aromatic heterocycles. The molecule has 0 bridgehead atoms. The Bertz CT molecular complexity index is 1100. The summed E-state index contributed by atoms with van der Waals surface area (Å²) in [6.45, 7) is 6.40. The van der Waals surface area contributed by atoms with Crippen molar-refractivity contribution in [3.63, 3.8) is 0 Å². The molecule has 7 heteroatoms. The number of carbonyl (C=O) groups is 1. The quantitative estimate of drug-likeness (QED) is 0.579. The van der Waals surface area contributed by atoms with Crippen LogP contribution in [0.2, 0.25) is 0 Å². The Hall–Kier alpha value is -3.16. The van der Waals surface area contributed by atoms with Gasteiger partial charge in [0.1, 0.15) is 11.4 Å². The number of aromatic nitrogens is 2. The predicted molar refractivity (Wildman–Crippen MR) is 131 cm³/mol. The molecule has 0 aliphatic carbocycles. The summed E-state index contributed by atoms with van der Waals surface area (Å²) in [6.07, 6.45) is 4.13. The van der Waals surface area contributed by atoms with Crippen LogP contribution in [0.5, 0.6) is 5.75 Å². The normalized spacial score (nSPS) is 19.8. The molecule has 7 nitrogen and oxygen atoms in total. The van der Waals surface area contributed by atoms with E-state index in [1.54, 1.807) is 11.8 Å². The van der Waals surface area contributed by atoms with Gasteiger partial charge in [-0.1, -0.05) is 18.2 Å². The number of ether oxygens (including phenoxy) is 2. The Labute approximate surface area is 200 Å². The lowest BCUT2D eigenvalue weighted by Gasteiger charge is -2.41. The molecule has 2 fully saturated rings. The SMILES string of the molecule is COc1ccc(-c2nn(-c3ccccc3)cc2C(=O)N2CCC(N3CCOC(C)C3)CC2)cc1. The molecule has 5 rings (SSSR count). The second-order valence-electron chi connectivity index (χ2n) is 9.10. The average molecular weight is 461 g/mol. The van der Waals surface area contributed by atoms with Crippen molar-refractivity contribution in [2.75, 3.05) is 39.9 Å². The maximum atomic E-state index is 13.7. The second-order valence-corrected chi connectivity index (χ2v) is 9.10. The number of hydrogen-bond acceptors (Lipinski definition) is 5. The fourth-order valence-corrected chi connectivity index (χ4v) is 4.99. The molecule has 2 aromatic carbocycles. The molecule has 2 aliphatic rings. The third kappa shape index (κ3) is 4.72. The Morgan fingerprint density at radius 1 is 1.03 bits per heavy atom. The topological polar surface area (TPSA) is 59.8 Å². The highest BCUT2D eigenvalue weighted by Crippen LogP contribution is 2.28. The van der Waals surface area contributed by atoms with Crippen LogP contribution in [-0.4, -0.2) is 77.5 Å². The van der Waals surface area contributed by atoms with Gasteiger partial charge in [-0.25, -0.2) is 4.68 Å². The zero-order valence-electron chi connectivity index (χ0n) is 19.9. The first-order valence-electron chi connectivity index (χ1n) is 12.1. The molecular formula is C27H32N4O3. The van der Waals surface area contributed by atoms with Crippen molar-refractivity contribution in [3.8, 4) is 22.7 Å². The van der Waals surface area contributed by atoms with Gasteiger partial charge in [0, 0.05) is 44.0 Å². The van der Waals surface area contributed by atoms with Gasteiger partial charge in [-0.3, -0.25) is 9.69 Å². The summed E-state index contributed by atoms with van der Waals surface area (Å²) in [5.41, 5.74) is 3.15. The van der Waals surface area contributed by atoms with Gasteiger partial charge in [0.05, 0.1) is 31.1 Å². The lowest BCUT2D eigenvalue weighted by atomic mass is 10.0. The standard InChI is InChI=1S/C27H32N4O3/c1-20-18-30(16-17-34-20)22-12-14-29(15-13-22)27(32)25-19-31(23-6-4-3-5-7-23)28-26(25)21-8-10-24(33-2)11-9-21/h3-11,19-20,22H,12-18H2,1-2H3. The third-order valence-corrected chi connectivity index (χ3v) is 6.87. The number of morpholine rings is 1. The highest BCUT2D eigenvalue weighted by Gasteiger charge is 2.31. The minimum Gasteiger partial charge on any atom is -0.497 e. The van der Waals surface area contributed by atoms with Crippen LogP contribution in [0.15, 0.2) is 60.8 Å². The number of para-hydroxylation sites is 1. The summed E-state index contributed by atoms with van der Waals surface area (Å²) in [5.74, 6) is 0.820. The van der Waals surface area contributed by atoms with Crippen molar-refractivity contribution < 1.29 is 14.3 Å². The zero-order chi connectivity index (χ0) is 23.5. The molecule has 0 saturated carbocycles. The van der Waals surface area contributed by atoms with Gasteiger partial charge < -0.3 is 14.4 Å². The van der Waals surface area contributed by atoms with Crippen molar-refractivity contribution in [2.24, 2.45) is 0 Å². The van der Waals surface area contributed by atoms with Crippen LogP contribution in [0, 0.1) is 0 Å². The van der Waals surface area contributed by atoms with Gasteiger partial charge in [0.25, 0.3) is 5.91 Å². The van der Waals surface area contributed by atoms with Gasteiger partial charge in [0.15, 0.2) is 0 Å². The van der Waals surface area contributed by atoms with Gasteiger partial charge in [0.2, 0.25) is 0 Å². The molecule has 34 heavy (non-hydrogen) atoms. The molecule has 2 saturated heterocycles. The van der Waals surface area contributed by atoms with Crippen molar-refractivity contribution >= 4 is 5.91 Å². The number of carbonyl (C=O) groups excluding carboxylic acids is 1. The predicted octanol–water partition coefficient (Wildman–Crippen LogP) is 3.87. The fourth-order valence-electron chi connectivity index (χ4n) is 4.99. The van der Waals surface area contributed by atoms with Crippen molar-refractivity contribution in [3.05, 3.63) is 66.4 Å². The Morgan fingerprint density at radius 3 is 2.44 bits per heavy atom. The summed E-state index contributed by atoms with van der Waals surface area (Å²) < 4.78 is 12.8. The monoisotopic (exact) mass is 460 g/mol. The highest BCUT2D eigenvalue weighted by atomic mass is 16.5. The van der Waals surface area contributed by atoms with Crippen LogP contribution >= 0.6 is 0 Å². The summed E-state index contributed by atoms with van der Waals surface area (Å²) in [6, 6.07) is 18.2. The Kier molecular flexibility index (Phi) is 6.65. The first-order chi connectivity index (χ1) is 16.6. The summed E-state index contributed by atoms with van der Waals surface area (Å²) in [7, 11) is 1.65. The number of rotatable bonds is 5. The number of amides is 1. The van der Waals surface area contributed by atoms with Crippen molar-refractivity contribution in [2.45, 2.75) is 31.9 Å². The largest absolute Gasteiger partial charge is 0.497 e. The van der Waals surface area contributed by atoms with E-state index in [0.29, 0.717) is 17.3 Å². The van der Waals surface area contributed by atoms with Gasteiger partial charge >= 0.3 is 0 Å². The maximum absolute atomic E-state index is 13.7. The lowest BCUT2D eigenvalue weighted by Crippen LogP contribution is -2.51. The van der Waals surface area contributed by atoms with E-state index < -0.39 is 0 Å². The first-order valence-corrected chi connectivity index (χ1v) is 12.1. The minimum absolute atomic E-state index is 0.0433. The van der Waals surface area contributed by atoms with E-state index in [4.69, 9.17) is 14.6 Å². The molecule has 3 aromatic rings. The molecule has 2 aliphatic heterocycles. The van der Waals surface area contributed by atoms with E-state index in [2.05, 4.69) is 11.8 Å². The van der Waals surface area contributed by atoms with E-state index in [-0.39, 0.29) is 12.0 Å². The van der Waals surface area contributed by atoms with E-state index in [0.717, 1.165) is 62.6 Å². The minimum atomic E-state index is 0.0433. The fraction of sp³-hybridized carbons (Fsp3) is 0.407. The summed E-state index contributed by atoms with van der Waals surface area (Å²) in [5, 5.41) is 4.83. The summed E-state index contributed by atoms with van der Waals surface area (Å²) in [4.78, 5) is 18.2. The van der Waals surface area contributed by atoms with E-state index in [1.165, 1.54) is 0 Å². The molecule has 1 amide bonds. The number of hydrogen-bond donors (Lipinski definition) is 0. The molecule has 0 N–H and O–H groups in total. The van der Waals surface area contributed by atoms with Crippen LogP contribution in [0.25, 0.3) is 16.9 Å². The second kappa shape index (κ2) is 9.99. The van der Waals surface area contributed by atoms with E-state index in [1.807, 2.05) is 65.7 Å². The first kappa shape index (κ1) is 22.6. The molecule has 1 atom stereocenters. The number of piperidine rings is 1. The van der Waals surface area contributed by atoms with Crippen molar-refractivity contribution in [1.82, 2.24) is 19.6 Å². The smallest absolute Gasteiger partial charge is 0.257 e. The van der Waals surface area contributed by atoms with Gasteiger partial charge in [-0.05, 0) is 56.2 Å². The van der Waals surface area contributed by atoms with Gasteiger partial charge in [-0.2, -0.15) is 5.10 Å². The van der Waals surface area contributed by atoms with E-state index >= 15 is 0 Å². The molecule has 3 heterocycles. The maximum Gasteiger partial charge on any atom is 0.257 e. The Morgan fingerprint density at radius 2 is 1.76 bits per heavy atom. The van der Waals surface area contributed by atoms with Crippen molar-refractivity contribution in [1.29, 1.82) is 0 Å². The van der Waals surface area contributed by atoms with Crippen LogP contribution in [0.1, 0.15) is 30.1 Å².